The molecule has 0 aliphatic rings. The molecule has 0 N–H and O–H groups in total. The number of furan rings is 1. The Bertz CT molecular complexity index is 552. The van der Waals surface area contributed by atoms with Crippen LogP contribution in [0.3, 0.4) is 0 Å². The van der Waals surface area contributed by atoms with E-state index in [1.54, 1.807) is 6.07 Å². The average molecular weight is 223 g/mol. The average Bonchev–Trinajstić information content (AvgIpc) is 2.89. The smallest absolute Gasteiger partial charge is 0.372 e. The molecule has 2 rings (SSSR count). The Hall–Kier alpha value is -2.38. The van der Waals surface area contributed by atoms with Gasteiger partial charge in [0.1, 0.15) is 6.26 Å². The molecule has 0 spiro atoms. The molecule has 0 atom stereocenters. The highest BCUT2D eigenvalue weighted by Gasteiger charge is 2.18. The van der Waals surface area contributed by atoms with Crippen LogP contribution in [-0.2, 0) is 7.05 Å². The van der Waals surface area contributed by atoms with Gasteiger partial charge in [-0.3, -0.25) is 4.90 Å². The van der Waals surface area contributed by atoms with Crippen LogP contribution in [0, 0.1) is 0 Å². The number of aromatic nitrogens is 4. The van der Waals surface area contributed by atoms with Gasteiger partial charge in [-0.25, -0.2) is 9.59 Å². The zero-order valence-corrected chi connectivity index (χ0v) is 8.69. The maximum absolute atomic E-state index is 11.8. The van der Waals surface area contributed by atoms with E-state index in [-0.39, 0.29) is 0 Å². The summed E-state index contributed by atoms with van der Waals surface area (Å²) in [5.74, 6) is 0. The molecule has 0 radical (unpaired) electrons. The van der Waals surface area contributed by atoms with Gasteiger partial charge in [0.05, 0.1) is 12.0 Å². The van der Waals surface area contributed by atoms with Crippen LogP contribution in [-0.4, -0.2) is 32.9 Å². The highest BCUT2D eigenvalue weighted by atomic mass is 16.3. The maximum atomic E-state index is 11.8. The molecular formula is C8H9N5O3. The third kappa shape index (κ3) is 1.49. The number of rotatable bonds is 1. The predicted molar refractivity (Wildman–Crippen MR) is 53.2 cm³/mol. The van der Waals surface area contributed by atoms with E-state index in [0.29, 0.717) is 10.4 Å². The molecule has 8 nitrogen and oxygen atoms in total. The highest BCUT2D eigenvalue weighted by molar-refractivity contribution is 5.91. The van der Waals surface area contributed by atoms with E-state index in [4.69, 9.17) is 4.42 Å². The molecular weight excluding hydrogens is 214 g/mol. The minimum atomic E-state index is -0.598. The number of nitrogens with zero attached hydrogens (tertiary/aromatic N) is 5. The van der Waals surface area contributed by atoms with Crippen molar-refractivity contribution in [3.63, 3.8) is 0 Å². The fraction of sp³-hybridized carbons (Fsp3) is 0.250. The molecule has 84 valence electrons. The number of carbonyl (C=O) groups excluding carboxylic acids is 1. The Labute approximate surface area is 89.7 Å². The maximum Gasteiger partial charge on any atom is 0.372 e. The minimum Gasteiger partial charge on any atom is -0.470 e. The molecule has 0 bridgehead atoms. The van der Waals surface area contributed by atoms with Crippen molar-refractivity contribution in [2.75, 3.05) is 11.9 Å². The van der Waals surface area contributed by atoms with Gasteiger partial charge in [0.2, 0.25) is 0 Å². The van der Waals surface area contributed by atoms with Crippen LogP contribution < -0.4 is 10.6 Å². The SMILES string of the molecule is CN(C(=O)n1nnn(C)c1=O)c1ccoc1. The van der Waals surface area contributed by atoms with Crippen molar-refractivity contribution in [3.05, 3.63) is 29.1 Å². The van der Waals surface area contributed by atoms with E-state index in [1.165, 1.54) is 31.5 Å². The lowest BCUT2D eigenvalue weighted by atomic mass is 10.5. The second-order valence-electron chi connectivity index (χ2n) is 3.12. The second kappa shape index (κ2) is 3.65. The predicted octanol–water partition coefficient (Wildman–Crippen LogP) is -0.326. The van der Waals surface area contributed by atoms with Gasteiger partial charge >= 0.3 is 11.7 Å². The topological polar surface area (TPSA) is 86.2 Å². The first-order valence-electron chi connectivity index (χ1n) is 4.40. The van der Waals surface area contributed by atoms with Gasteiger partial charge < -0.3 is 4.42 Å². The van der Waals surface area contributed by atoms with Crippen LogP contribution in [0.4, 0.5) is 10.5 Å². The van der Waals surface area contributed by atoms with Crippen LogP contribution in [0.5, 0.6) is 0 Å². The Balaban J connectivity index is 2.33. The normalized spacial score (nSPS) is 10.4. The standard InChI is InChI=1S/C8H9N5O3/c1-11(6-3-4-16-5-6)7(14)13-8(15)12(2)9-10-13/h3-5H,1-2H3. The summed E-state index contributed by atoms with van der Waals surface area (Å²) >= 11 is 0. The molecule has 8 heteroatoms. The largest absolute Gasteiger partial charge is 0.470 e. The molecule has 1 amide bonds. The number of tetrazole rings is 1. The van der Waals surface area contributed by atoms with Crippen molar-refractivity contribution in [2.24, 2.45) is 7.05 Å². The fourth-order valence-electron chi connectivity index (χ4n) is 1.13. The number of aryl methyl sites for hydroxylation is 1. The zero-order valence-electron chi connectivity index (χ0n) is 8.69. The molecule has 0 unspecified atom stereocenters. The summed E-state index contributed by atoms with van der Waals surface area (Å²) in [6.45, 7) is 0. The van der Waals surface area contributed by atoms with E-state index in [0.717, 1.165) is 4.68 Å². The van der Waals surface area contributed by atoms with Gasteiger partial charge in [0, 0.05) is 20.2 Å². The summed E-state index contributed by atoms with van der Waals surface area (Å²) in [5.41, 5.74) is -0.0668. The van der Waals surface area contributed by atoms with E-state index >= 15 is 0 Å². The van der Waals surface area contributed by atoms with E-state index < -0.39 is 11.7 Å². The number of amides is 1. The Kier molecular flexibility index (Phi) is 2.31. The summed E-state index contributed by atoms with van der Waals surface area (Å²) in [6.07, 6.45) is 2.82. The lowest BCUT2D eigenvalue weighted by molar-refractivity contribution is 0.245. The van der Waals surface area contributed by atoms with Gasteiger partial charge in [-0.1, -0.05) is 0 Å². The fourth-order valence-corrected chi connectivity index (χ4v) is 1.13. The van der Waals surface area contributed by atoms with Crippen molar-refractivity contribution in [2.45, 2.75) is 0 Å². The first kappa shape index (κ1) is 10.1. The van der Waals surface area contributed by atoms with Crippen LogP contribution in [0.25, 0.3) is 0 Å². The van der Waals surface area contributed by atoms with E-state index in [9.17, 15) is 9.59 Å². The van der Waals surface area contributed by atoms with Gasteiger partial charge in [-0.15, -0.1) is 4.68 Å². The molecule has 2 aromatic heterocycles. The van der Waals surface area contributed by atoms with Crippen molar-refractivity contribution in [1.82, 2.24) is 19.8 Å². The monoisotopic (exact) mass is 223 g/mol. The Morgan fingerprint density at radius 3 is 2.75 bits per heavy atom. The third-order valence-electron chi connectivity index (χ3n) is 2.08. The molecule has 0 aliphatic carbocycles. The van der Waals surface area contributed by atoms with Crippen LogP contribution in [0.15, 0.2) is 27.8 Å². The molecule has 2 aromatic rings. The van der Waals surface area contributed by atoms with Gasteiger partial charge in [0.15, 0.2) is 0 Å². The minimum absolute atomic E-state index is 0.530. The molecule has 0 saturated carbocycles. The summed E-state index contributed by atoms with van der Waals surface area (Å²) < 4.78 is 6.48. The Morgan fingerprint density at radius 1 is 1.50 bits per heavy atom. The quantitative estimate of drug-likeness (QED) is 0.618. The van der Waals surface area contributed by atoms with Crippen molar-refractivity contribution < 1.29 is 9.21 Å². The van der Waals surface area contributed by atoms with Gasteiger partial charge in [-0.2, -0.15) is 4.68 Å². The number of carbonyl (C=O) groups is 1. The zero-order chi connectivity index (χ0) is 11.7. The summed E-state index contributed by atoms with van der Waals surface area (Å²) in [6, 6.07) is 0.999. The number of hydrogen-bond acceptors (Lipinski definition) is 5. The molecule has 0 saturated heterocycles. The van der Waals surface area contributed by atoms with Crippen molar-refractivity contribution >= 4 is 11.7 Å². The van der Waals surface area contributed by atoms with E-state index in [2.05, 4.69) is 10.4 Å². The highest BCUT2D eigenvalue weighted by Crippen LogP contribution is 2.12. The van der Waals surface area contributed by atoms with Crippen LogP contribution in [0.1, 0.15) is 0 Å². The third-order valence-corrected chi connectivity index (χ3v) is 2.08. The van der Waals surface area contributed by atoms with Gasteiger partial charge in [0.25, 0.3) is 0 Å². The second-order valence-corrected chi connectivity index (χ2v) is 3.12. The summed E-state index contributed by atoms with van der Waals surface area (Å²) in [4.78, 5) is 24.5. The first-order valence-corrected chi connectivity index (χ1v) is 4.40. The summed E-state index contributed by atoms with van der Waals surface area (Å²) in [7, 11) is 2.92. The van der Waals surface area contributed by atoms with Crippen LogP contribution >= 0.6 is 0 Å². The molecule has 0 aliphatic heterocycles. The first-order chi connectivity index (χ1) is 7.61. The lowest BCUT2D eigenvalue weighted by Gasteiger charge is -2.12. The molecule has 16 heavy (non-hydrogen) atoms. The van der Waals surface area contributed by atoms with E-state index in [1.807, 2.05) is 0 Å². The Morgan fingerprint density at radius 2 is 2.25 bits per heavy atom. The van der Waals surface area contributed by atoms with Crippen molar-refractivity contribution in [1.29, 1.82) is 0 Å². The number of anilines is 1. The summed E-state index contributed by atoms with van der Waals surface area (Å²) in [5, 5.41) is 6.89. The molecule has 0 fully saturated rings. The molecule has 0 aromatic carbocycles. The van der Waals surface area contributed by atoms with Crippen molar-refractivity contribution in [3.8, 4) is 0 Å². The molecule has 2 heterocycles. The lowest BCUT2D eigenvalue weighted by Crippen LogP contribution is -2.38. The van der Waals surface area contributed by atoms with Gasteiger partial charge in [-0.05, 0) is 10.4 Å². The van der Waals surface area contributed by atoms with Crippen LogP contribution in [0.2, 0.25) is 0 Å². The number of hydrogen-bond donors (Lipinski definition) is 0.